The van der Waals surface area contributed by atoms with Gasteiger partial charge in [-0.05, 0) is 25.8 Å². The van der Waals surface area contributed by atoms with Gasteiger partial charge >= 0.3 is 0 Å². The van der Waals surface area contributed by atoms with E-state index in [1.807, 2.05) is 0 Å². The van der Waals surface area contributed by atoms with Crippen LogP contribution in [0.1, 0.15) is 62.9 Å². The third-order valence-electron chi connectivity index (χ3n) is 3.66. The molecule has 0 bridgehead atoms. The summed E-state index contributed by atoms with van der Waals surface area (Å²) in [5, 5.41) is 8.72. The van der Waals surface area contributed by atoms with Crippen LogP contribution in [-0.4, -0.2) is 21.5 Å². The molecule has 0 atom stereocenters. The van der Waals surface area contributed by atoms with Gasteiger partial charge in [-0.15, -0.1) is 5.10 Å². The van der Waals surface area contributed by atoms with Gasteiger partial charge in [-0.2, -0.15) is 0 Å². The summed E-state index contributed by atoms with van der Waals surface area (Å²) in [6, 6.07) is 0.587. The van der Waals surface area contributed by atoms with Crippen molar-refractivity contribution in [1.82, 2.24) is 15.0 Å². The minimum absolute atomic E-state index is 0.587. The lowest BCUT2D eigenvalue weighted by Gasteiger charge is -2.23. The summed E-state index contributed by atoms with van der Waals surface area (Å²) in [5.41, 5.74) is 8.10. The van der Waals surface area contributed by atoms with Gasteiger partial charge in [0.2, 0.25) is 0 Å². The summed E-state index contributed by atoms with van der Waals surface area (Å²) in [7, 11) is 0. The highest BCUT2D eigenvalue weighted by molar-refractivity contribution is 5.12. The first-order valence-electron chi connectivity index (χ1n) is 6.99. The second-order valence-electron chi connectivity index (χ2n) is 5.01. The molecule has 17 heavy (non-hydrogen) atoms. The molecule has 1 heterocycles. The molecule has 1 aromatic rings. The van der Waals surface area contributed by atoms with E-state index in [9.17, 15) is 0 Å². The lowest BCUT2D eigenvalue weighted by molar-refractivity contribution is 0.317. The Morgan fingerprint density at radius 3 is 2.65 bits per heavy atom. The van der Waals surface area contributed by atoms with E-state index in [-0.39, 0.29) is 0 Å². The molecule has 2 N–H and O–H groups in total. The van der Waals surface area contributed by atoms with Crippen molar-refractivity contribution >= 4 is 0 Å². The molecule has 0 spiro atoms. The topological polar surface area (TPSA) is 56.7 Å². The first-order valence-corrected chi connectivity index (χ1v) is 6.99. The van der Waals surface area contributed by atoms with Crippen molar-refractivity contribution < 1.29 is 0 Å². The van der Waals surface area contributed by atoms with Gasteiger partial charge in [-0.25, -0.2) is 4.68 Å². The van der Waals surface area contributed by atoms with Gasteiger partial charge in [0.15, 0.2) is 0 Å². The first-order chi connectivity index (χ1) is 8.36. The summed E-state index contributed by atoms with van der Waals surface area (Å²) in [5.74, 6) is 0. The van der Waals surface area contributed by atoms with E-state index in [0.29, 0.717) is 12.6 Å². The van der Waals surface area contributed by atoms with Crippen molar-refractivity contribution in [2.45, 2.75) is 64.3 Å². The molecule has 1 saturated carbocycles. The van der Waals surface area contributed by atoms with Gasteiger partial charge in [0, 0.05) is 6.42 Å². The number of rotatable bonds is 5. The van der Waals surface area contributed by atoms with Gasteiger partial charge < -0.3 is 5.73 Å². The van der Waals surface area contributed by atoms with Crippen LogP contribution in [0.2, 0.25) is 0 Å². The fourth-order valence-electron chi connectivity index (χ4n) is 2.79. The Bertz CT molecular complexity index is 339. The average Bonchev–Trinajstić information content (AvgIpc) is 2.75. The van der Waals surface area contributed by atoms with Gasteiger partial charge in [0.05, 0.1) is 17.4 Å². The molecule has 2 rings (SSSR count). The molecule has 0 aliphatic heterocycles. The lowest BCUT2D eigenvalue weighted by Crippen LogP contribution is -2.17. The summed E-state index contributed by atoms with van der Waals surface area (Å²) in [6.45, 7) is 2.88. The fourth-order valence-corrected chi connectivity index (χ4v) is 2.79. The Labute approximate surface area is 104 Å². The normalized spacial score (nSPS) is 17.5. The van der Waals surface area contributed by atoms with Crippen LogP contribution in [0.15, 0.2) is 0 Å². The van der Waals surface area contributed by atoms with E-state index in [0.717, 1.165) is 25.0 Å². The van der Waals surface area contributed by atoms with Crippen molar-refractivity contribution in [2.75, 3.05) is 6.54 Å². The smallest absolute Gasteiger partial charge is 0.0871 e. The Morgan fingerprint density at radius 2 is 2.00 bits per heavy atom. The average molecular weight is 236 g/mol. The van der Waals surface area contributed by atoms with Crippen molar-refractivity contribution in [3.05, 3.63) is 11.4 Å². The minimum atomic E-state index is 0.587. The van der Waals surface area contributed by atoms with E-state index in [2.05, 4.69) is 21.9 Å². The number of hydrogen-bond acceptors (Lipinski definition) is 3. The molecule has 1 aromatic heterocycles. The van der Waals surface area contributed by atoms with Crippen LogP contribution in [0.25, 0.3) is 0 Å². The van der Waals surface area contributed by atoms with Crippen LogP contribution in [0.3, 0.4) is 0 Å². The van der Waals surface area contributed by atoms with Crippen molar-refractivity contribution in [1.29, 1.82) is 0 Å². The molecule has 96 valence electrons. The summed E-state index contributed by atoms with van der Waals surface area (Å²) >= 11 is 0. The molecule has 1 aliphatic rings. The number of hydrogen-bond donors (Lipinski definition) is 1. The van der Waals surface area contributed by atoms with E-state index in [4.69, 9.17) is 5.73 Å². The quantitative estimate of drug-likeness (QED) is 0.853. The summed E-state index contributed by atoms with van der Waals surface area (Å²) < 4.78 is 2.20. The highest BCUT2D eigenvalue weighted by atomic mass is 15.4. The van der Waals surface area contributed by atoms with Gasteiger partial charge in [0.25, 0.3) is 0 Å². The molecular weight excluding hydrogens is 212 g/mol. The Balaban J connectivity index is 2.19. The number of aromatic nitrogens is 3. The van der Waals surface area contributed by atoms with E-state index in [1.165, 1.54) is 37.8 Å². The molecule has 0 unspecified atom stereocenters. The predicted molar refractivity (Wildman–Crippen MR) is 68.9 cm³/mol. The van der Waals surface area contributed by atoms with Crippen LogP contribution in [0.5, 0.6) is 0 Å². The third-order valence-corrected chi connectivity index (χ3v) is 3.66. The van der Waals surface area contributed by atoms with Crippen LogP contribution in [0.4, 0.5) is 0 Å². The summed E-state index contributed by atoms with van der Waals surface area (Å²) in [6.07, 6.45) is 9.68. The largest absolute Gasteiger partial charge is 0.330 e. The van der Waals surface area contributed by atoms with Crippen molar-refractivity contribution in [3.63, 3.8) is 0 Å². The maximum Gasteiger partial charge on any atom is 0.0871 e. The molecule has 4 nitrogen and oxygen atoms in total. The molecule has 1 aliphatic carbocycles. The van der Waals surface area contributed by atoms with E-state index >= 15 is 0 Å². The maximum absolute atomic E-state index is 5.64. The Hall–Kier alpha value is -0.900. The summed E-state index contributed by atoms with van der Waals surface area (Å²) in [4.78, 5) is 0. The zero-order chi connectivity index (χ0) is 12.1. The van der Waals surface area contributed by atoms with Crippen molar-refractivity contribution in [3.8, 4) is 0 Å². The van der Waals surface area contributed by atoms with Crippen molar-refractivity contribution in [2.24, 2.45) is 5.73 Å². The number of nitrogens with two attached hydrogens (primary N) is 1. The van der Waals surface area contributed by atoms with Gasteiger partial charge in [0.1, 0.15) is 0 Å². The molecule has 0 radical (unpaired) electrons. The van der Waals surface area contributed by atoms with Gasteiger partial charge in [-0.1, -0.05) is 37.8 Å². The maximum atomic E-state index is 5.64. The molecule has 0 saturated heterocycles. The molecule has 0 amide bonds. The Morgan fingerprint density at radius 1 is 1.24 bits per heavy atom. The highest BCUT2D eigenvalue weighted by Gasteiger charge is 2.21. The van der Waals surface area contributed by atoms with Crippen LogP contribution in [0, 0.1) is 0 Å². The second-order valence-corrected chi connectivity index (χ2v) is 5.01. The Kier molecular flexibility index (Phi) is 4.54. The minimum Gasteiger partial charge on any atom is -0.330 e. The van der Waals surface area contributed by atoms with Crippen LogP contribution in [-0.2, 0) is 12.8 Å². The molecule has 1 fully saturated rings. The zero-order valence-electron chi connectivity index (χ0n) is 10.9. The zero-order valence-corrected chi connectivity index (χ0v) is 10.9. The molecule has 0 aromatic carbocycles. The van der Waals surface area contributed by atoms with Gasteiger partial charge in [-0.3, -0.25) is 0 Å². The molecule has 4 heteroatoms. The first kappa shape index (κ1) is 12.6. The van der Waals surface area contributed by atoms with E-state index < -0.39 is 0 Å². The SMILES string of the molecule is CCCc1c(CCN)nnn1C1CCCCC1. The standard InChI is InChI=1S/C13H24N4/c1-2-6-13-12(9-10-14)15-16-17(13)11-7-4-3-5-8-11/h11H,2-10,14H2,1H3. The molecular formula is C13H24N4. The van der Waals surface area contributed by atoms with E-state index in [1.54, 1.807) is 0 Å². The lowest BCUT2D eigenvalue weighted by atomic mass is 9.95. The van der Waals surface area contributed by atoms with Crippen LogP contribution < -0.4 is 5.73 Å². The number of nitrogens with zero attached hydrogens (tertiary/aromatic N) is 3. The monoisotopic (exact) mass is 236 g/mol. The predicted octanol–water partition coefficient (Wildman–Crippen LogP) is 2.24. The second kappa shape index (κ2) is 6.15. The highest BCUT2D eigenvalue weighted by Crippen LogP contribution is 2.29. The fraction of sp³-hybridized carbons (Fsp3) is 0.846. The van der Waals surface area contributed by atoms with Crippen LogP contribution >= 0.6 is 0 Å². The third kappa shape index (κ3) is 2.86.